The number of aromatic nitrogens is 2. The SMILES string of the molecule is CCCN(Cc1nnc(-c2ccccc2Cl)o1)C(=O)Cc1ccc(Cl)c(Cl)c1. The summed E-state index contributed by atoms with van der Waals surface area (Å²) in [6, 6.07) is 12.4. The number of nitrogens with zero attached hydrogens (tertiary/aromatic N) is 3. The average molecular weight is 439 g/mol. The second-order valence-corrected chi connectivity index (χ2v) is 7.44. The lowest BCUT2D eigenvalue weighted by Gasteiger charge is -2.20. The van der Waals surface area contributed by atoms with Crippen molar-refractivity contribution >= 4 is 40.7 Å². The van der Waals surface area contributed by atoms with E-state index in [0.29, 0.717) is 39.0 Å². The summed E-state index contributed by atoms with van der Waals surface area (Å²) in [6.45, 7) is 2.80. The van der Waals surface area contributed by atoms with Gasteiger partial charge in [-0.1, -0.05) is 59.9 Å². The lowest BCUT2D eigenvalue weighted by molar-refractivity contribution is -0.131. The minimum Gasteiger partial charge on any atom is -0.419 e. The van der Waals surface area contributed by atoms with Gasteiger partial charge >= 0.3 is 0 Å². The number of carbonyl (C=O) groups is 1. The van der Waals surface area contributed by atoms with Crippen LogP contribution in [-0.4, -0.2) is 27.5 Å². The van der Waals surface area contributed by atoms with Crippen molar-refractivity contribution in [1.82, 2.24) is 15.1 Å². The zero-order valence-corrected chi connectivity index (χ0v) is 17.4. The molecule has 0 atom stereocenters. The molecule has 0 aliphatic carbocycles. The minimum absolute atomic E-state index is 0.0577. The van der Waals surface area contributed by atoms with Gasteiger partial charge in [-0.2, -0.15) is 0 Å². The third-order valence-corrected chi connectivity index (χ3v) is 5.15. The zero-order chi connectivity index (χ0) is 20.1. The highest BCUT2D eigenvalue weighted by Gasteiger charge is 2.19. The Morgan fingerprint density at radius 1 is 1.04 bits per heavy atom. The summed E-state index contributed by atoms with van der Waals surface area (Å²) in [4.78, 5) is 14.5. The molecule has 1 amide bonds. The molecule has 1 heterocycles. The van der Waals surface area contributed by atoms with Crippen molar-refractivity contribution < 1.29 is 9.21 Å². The lowest BCUT2D eigenvalue weighted by atomic mass is 10.1. The van der Waals surface area contributed by atoms with Crippen LogP contribution >= 0.6 is 34.8 Å². The minimum atomic E-state index is -0.0577. The Balaban J connectivity index is 1.73. The normalized spacial score (nSPS) is 10.9. The van der Waals surface area contributed by atoms with E-state index in [9.17, 15) is 4.79 Å². The predicted octanol–water partition coefficient (Wildman–Crippen LogP) is 5.68. The van der Waals surface area contributed by atoms with Gasteiger partial charge in [0.2, 0.25) is 17.7 Å². The fraction of sp³-hybridized carbons (Fsp3) is 0.250. The standard InChI is InChI=1S/C20H18Cl3N3O2/c1-2-9-26(19(27)11-13-7-8-16(22)17(23)10-13)12-18-24-25-20(28-18)14-5-3-4-6-15(14)21/h3-8,10H,2,9,11-12H2,1H3. The molecule has 0 saturated carbocycles. The molecule has 8 heteroatoms. The first-order valence-electron chi connectivity index (χ1n) is 8.77. The molecule has 0 fully saturated rings. The smallest absolute Gasteiger partial charge is 0.249 e. The van der Waals surface area contributed by atoms with Gasteiger partial charge in [-0.25, -0.2) is 0 Å². The maximum absolute atomic E-state index is 12.8. The first-order valence-corrected chi connectivity index (χ1v) is 9.90. The van der Waals surface area contributed by atoms with Gasteiger partial charge in [-0.05, 0) is 36.2 Å². The molecule has 3 aromatic rings. The van der Waals surface area contributed by atoms with Crippen molar-refractivity contribution in [3.8, 4) is 11.5 Å². The van der Waals surface area contributed by atoms with Crippen LogP contribution in [0.5, 0.6) is 0 Å². The summed E-state index contributed by atoms with van der Waals surface area (Å²) in [5.41, 5.74) is 1.45. The van der Waals surface area contributed by atoms with Crippen molar-refractivity contribution in [3.05, 3.63) is 69.0 Å². The largest absolute Gasteiger partial charge is 0.419 e. The quantitative estimate of drug-likeness (QED) is 0.476. The highest BCUT2D eigenvalue weighted by atomic mass is 35.5. The van der Waals surface area contributed by atoms with Crippen LogP contribution in [-0.2, 0) is 17.8 Å². The second-order valence-electron chi connectivity index (χ2n) is 6.22. The molecular formula is C20H18Cl3N3O2. The van der Waals surface area contributed by atoms with Gasteiger partial charge in [0.25, 0.3) is 0 Å². The van der Waals surface area contributed by atoms with Crippen LogP contribution in [0.3, 0.4) is 0 Å². The molecule has 28 heavy (non-hydrogen) atoms. The number of benzene rings is 2. The summed E-state index contributed by atoms with van der Waals surface area (Å²) in [5.74, 6) is 0.623. The first kappa shape index (κ1) is 20.6. The highest BCUT2D eigenvalue weighted by molar-refractivity contribution is 6.42. The molecule has 0 N–H and O–H groups in total. The van der Waals surface area contributed by atoms with Gasteiger partial charge in [-0.3, -0.25) is 4.79 Å². The Morgan fingerprint density at radius 2 is 1.82 bits per heavy atom. The molecule has 0 radical (unpaired) electrons. The summed E-state index contributed by atoms with van der Waals surface area (Å²) >= 11 is 18.2. The summed E-state index contributed by atoms with van der Waals surface area (Å²) in [5, 5.41) is 9.53. The molecule has 0 aliphatic heterocycles. The molecule has 0 saturated heterocycles. The molecule has 0 unspecified atom stereocenters. The second kappa shape index (κ2) is 9.41. The molecule has 146 valence electrons. The molecule has 0 aliphatic rings. The topological polar surface area (TPSA) is 59.2 Å². The third kappa shape index (κ3) is 5.04. The molecule has 0 spiro atoms. The van der Waals surface area contributed by atoms with Crippen LogP contribution in [0.25, 0.3) is 11.5 Å². The van der Waals surface area contributed by atoms with E-state index in [-0.39, 0.29) is 18.9 Å². The molecular weight excluding hydrogens is 421 g/mol. The van der Waals surface area contributed by atoms with Crippen molar-refractivity contribution in [3.63, 3.8) is 0 Å². The fourth-order valence-corrected chi connectivity index (χ4v) is 3.26. The predicted molar refractivity (Wildman–Crippen MR) is 111 cm³/mol. The average Bonchev–Trinajstić information content (AvgIpc) is 3.13. The lowest BCUT2D eigenvalue weighted by Crippen LogP contribution is -2.32. The summed E-state index contributed by atoms with van der Waals surface area (Å²) in [7, 11) is 0. The van der Waals surface area contributed by atoms with Crippen LogP contribution in [0.15, 0.2) is 46.9 Å². The molecule has 1 aromatic heterocycles. The number of hydrogen-bond donors (Lipinski definition) is 0. The number of halogens is 3. The number of hydrogen-bond acceptors (Lipinski definition) is 4. The Labute approximate surface area is 178 Å². The third-order valence-electron chi connectivity index (χ3n) is 4.08. The van der Waals surface area contributed by atoms with E-state index in [1.165, 1.54) is 0 Å². The monoisotopic (exact) mass is 437 g/mol. The summed E-state index contributed by atoms with van der Waals surface area (Å²) < 4.78 is 5.72. The first-order chi connectivity index (χ1) is 13.5. The number of rotatable bonds is 7. The Hall–Kier alpha value is -2.08. The van der Waals surface area contributed by atoms with Crippen LogP contribution in [0.4, 0.5) is 0 Å². The Bertz CT molecular complexity index is 975. The van der Waals surface area contributed by atoms with Crippen LogP contribution in [0.1, 0.15) is 24.8 Å². The van der Waals surface area contributed by atoms with E-state index < -0.39 is 0 Å². The van der Waals surface area contributed by atoms with Gasteiger partial charge < -0.3 is 9.32 Å². The van der Waals surface area contributed by atoms with E-state index in [1.807, 2.05) is 19.1 Å². The van der Waals surface area contributed by atoms with Gasteiger partial charge in [0.1, 0.15) is 0 Å². The molecule has 2 aromatic carbocycles. The zero-order valence-electron chi connectivity index (χ0n) is 15.2. The van der Waals surface area contributed by atoms with Gasteiger partial charge in [0, 0.05) is 6.54 Å². The van der Waals surface area contributed by atoms with E-state index in [4.69, 9.17) is 39.2 Å². The van der Waals surface area contributed by atoms with E-state index in [2.05, 4.69) is 10.2 Å². The molecule has 3 rings (SSSR count). The van der Waals surface area contributed by atoms with E-state index in [1.54, 1.807) is 35.2 Å². The maximum atomic E-state index is 12.8. The van der Waals surface area contributed by atoms with Crippen LogP contribution < -0.4 is 0 Å². The Kier molecular flexibility index (Phi) is 6.94. The van der Waals surface area contributed by atoms with Crippen LogP contribution in [0.2, 0.25) is 15.1 Å². The van der Waals surface area contributed by atoms with Gasteiger partial charge in [0.15, 0.2) is 0 Å². The highest BCUT2D eigenvalue weighted by Crippen LogP contribution is 2.27. The van der Waals surface area contributed by atoms with Crippen LogP contribution in [0, 0.1) is 0 Å². The number of amides is 1. The van der Waals surface area contributed by atoms with Crippen molar-refractivity contribution in [2.24, 2.45) is 0 Å². The van der Waals surface area contributed by atoms with Gasteiger partial charge in [0.05, 0.1) is 33.6 Å². The van der Waals surface area contributed by atoms with E-state index >= 15 is 0 Å². The maximum Gasteiger partial charge on any atom is 0.249 e. The van der Waals surface area contributed by atoms with Crippen molar-refractivity contribution in [2.75, 3.05) is 6.54 Å². The summed E-state index contributed by atoms with van der Waals surface area (Å²) in [6.07, 6.45) is 1.01. The molecule has 5 nitrogen and oxygen atoms in total. The van der Waals surface area contributed by atoms with E-state index in [0.717, 1.165) is 12.0 Å². The Morgan fingerprint density at radius 3 is 2.54 bits per heavy atom. The molecule has 0 bridgehead atoms. The fourth-order valence-electron chi connectivity index (χ4n) is 2.72. The number of carbonyl (C=O) groups excluding carboxylic acids is 1. The van der Waals surface area contributed by atoms with Crippen molar-refractivity contribution in [2.45, 2.75) is 26.3 Å². The van der Waals surface area contributed by atoms with Crippen molar-refractivity contribution in [1.29, 1.82) is 0 Å². The van der Waals surface area contributed by atoms with Gasteiger partial charge in [-0.15, -0.1) is 10.2 Å².